The number of nitrogens with one attached hydrogen (secondary N) is 2. The molecule has 0 amide bonds. The number of hydrogen-bond acceptors (Lipinski definition) is 4. The average Bonchev–Trinajstić information content (AvgIpc) is 2.92. The van der Waals surface area contributed by atoms with Gasteiger partial charge in [0.05, 0.1) is 0 Å². The van der Waals surface area contributed by atoms with E-state index in [9.17, 15) is 8.42 Å². The molecule has 1 aromatic heterocycles. The van der Waals surface area contributed by atoms with Crippen LogP contribution in [0.5, 0.6) is 0 Å². The minimum absolute atomic E-state index is 0.156. The van der Waals surface area contributed by atoms with Gasteiger partial charge in [0.2, 0.25) is 10.0 Å². The van der Waals surface area contributed by atoms with Gasteiger partial charge in [-0.05, 0) is 43.9 Å². The second-order valence-corrected chi connectivity index (χ2v) is 8.52. The van der Waals surface area contributed by atoms with Gasteiger partial charge in [0, 0.05) is 17.5 Å². The highest BCUT2D eigenvalue weighted by atomic mass is 32.2. The second kappa shape index (κ2) is 7.02. The topological polar surface area (TPSA) is 58.2 Å². The first-order valence-corrected chi connectivity index (χ1v) is 9.68. The van der Waals surface area contributed by atoms with Crippen LogP contribution in [0.1, 0.15) is 44.4 Å². The van der Waals surface area contributed by atoms with Gasteiger partial charge in [0.15, 0.2) is 0 Å². The minimum Gasteiger partial charge on any atom is -0.312 e. The summed E-state index contributed by atoms with van der Waals surface area (Å²) in [5.41, 5.74) is 0. The van der Waals surface area contributed by atoms with Crippen molar-refractivity contribution in [2.45, 2.75) is 56.3 Å². The average molecular weight is 316 g/mol. The highest BCUT2D eigenvalue weighted by Gasteiger charge is 2.39. The molecule has 1 fully saturated rings. The molecule has 0 aromatic carbocycles. The molecule has 114 valence electrons. The maximum Gasteiger partial charge on any atom is 0.250 e. The standard InChI is InChI=1S/C14H24N2O2S2/c1-3-5-11-9-13(11)16-20(17,18)14-7-6-12(19-14)10-15-8-4-2/h6-7,11,13,15-16H,3-5,8-10H2,1-2H3. The zero-order chi connectivity index (χ0) is 14.6. The van der Waals surface area contributed by atoms with Crippen molar-refractivity contribution in [3.05, 3.63) is 17.0 Å². The first-order valence-electron chi connectivity index (χ1n) is 7.38. The fourth-order valence-corrected chi connectivity index (χ4v) is 4.98. The molecule has 0 saturated heterocycles. The fourth-order valence-electron chi connectivity index (χ4n) is 2.33. The van der Waals surface area contributed by atoms with Crippen molar-refractivity contribution in [3.8, 4) is 0 Å². The summed E-state index contributed by atoms with van der Waals surface area (Å²) in [7, 11) is -3.32. The highest BCUT2D eigenvalue weighted by Crippen LogP contribution is 2.36. The summed E-state index contributed by atoms with van der Waals surface area (Å²) in [4.78, 5) is 1.07. The molecule has 2 rings (SSSR count). The van der Waals surface area contributed by atoms with Crippen LogP contribution in [-0.4, -0.2) is 21.0 Å². The molecular formula is C14H24N2O2S2. The van der Waals surface area contributed by atoms with Gasteiger partial charge in [-0.25, -0.2) is 13.1 Å². The zero-order valence-electron chi connectivity index (χ0n) is 12.2. The molecule has 1 aliphatic carbocycles. The summed E-state index contributed by atoms with van der Waals surface area (Å²) < 4.78 is 27.8. The molecular weight excluding hydrogens is 292 g/mol. The Labute approximate surface area is 126 Å². The molecule has 2 unspecified atom stereocenters. The highest BCUT2D eigenvalue weighted by molar-refractivity contribution is 7.91. The fraction of sp³-hybridized carbons (Fsp3) is 0.714. The summed E-state index contributed by atoms with van der Waals surface area (Å²) in [5, 5.41) is 3.29. The maximum absolute atomic E-state index is 12.3. The predicted molar refractivity (Wildman–Crippen MR) is 83.4 cm³/mol. The minimum atomic E-state index is -3.32. The van der Waals surface area contributed by atoms with Crippen LogP contribution in [0.25, 0.3) is 0 Å². The molecule has 20 heavy (non-hydrogen) atoms. The monoisotopic (exact) mass is 316 g/mol. The Morgan fingerprint density at radius 3 is 2.80 bits per heavy atom. The molecule has 0 radical (unpaired) electrons. The molecule has 1 saturated carbocycles. The van der Waals surface area contributed by atoms with E-state index >= 15 is 0 Å². The van der Waals surface area contributed by atoms with Crippen LogP contribution in [0.15, 0.2) is 16.3 Å². The molecule has 2 atom stereocenters. The van der Waals surface area contributed by atoms with Gasteiger partial charge in [-0.3, -0.25) is 0 Å². The lowest BCUT2D eigenvalue weighted by Crippen LogP contribution is -2.26. The second-order valence-electron chi connectivity index (χ2n) is 5.41. The molecule has 0 bridgehead atoms. The van der Waals surface area contributed by atoms with E-state index in [-0.39, 0.29) is 6.04 Å². The Hall–Kier alpha value is -0.430. The summed E-state index contributed by atoms with van der Waals surface area (Å²) in [6.45, 7) is 5.96. The normalized spacial score (nSPS) is 22.1. The van der Waals surface area contributed by atoms with Gasteiger partial charge in [0.1, 0.15) is 4.21 Å². The Kier molecular flexibility index (Phi) is 5.60. The molecule has 1 heterocycles. The van der Waals surface area contributed by atoms with Crippen LogP contribution < -0.4 is 10.0 Å². The van der Waals surface area contributed by atoms with Crippen molar-refractivity contribution >= 4 is 21.4 Å². The lowest BCUT2D eigenvalue weighted by atomic mass is 10.2. The third kappa shape index (κ3) is 4.28. The van der Waals surface area contributed by atoms with Gasteiger partial charge in [-0.1, -0.05) is 20.3 Å². The zero-order valence-corrected chi connectivity index (χ0v) is 13.8. The van der Waals surface area contributed by atoms with Crippen LogP contribution in [0.3, 0.4) is 0 Å². The summed E-state index contributed by atoms with van der Waals surface area (Å²) in [6, 6.07) is 3.77. The van der Waals surface area contributed by atoms with E-state index in [4.69, 9.17) is 0 Å². The number of sulfonamides is 1. The van der Waals surface area contributed by atoms with E-state index in [2.05, 4.69) is 23.9 Å². The third-order valence-electron chi connectivity index (χ3n) is 3.52. The van der Waals surface area contributed by atoms with Gasteiger partial charge < -0.3 is 5.32 Å². The van der Waals surface area contributed by atoms with Crippen LogP contribution >= 0.6 is 11.3 Å². The largest absolute Gasteiger partial charge is 0.312 e. The summed E-state index contributed by atoms with van der Waals surface area (Å²) >= 11 is 1.36. The SMILES string of the molecule is CCCNCc1ccc(S(=O)(=O)NC2CC2CCC)s1. The molecule has 1 aromatic rings. The Morgan fingerprint density at radius 2 is 2.10 bits per heavy atom. The maximum atomic E-state index is 12.3. The van der Waals surface area contributed by atoms with Crippen LogP contribution in [0, 0.1) is 5.92 Å². The van der Waals surface area contributed by atoms with Crippen molar-refractivity contribution in [3.63, 3.8) is 0 Å². The molecule has 4 nitrogen and oxygen atoms in total. The Morgan fingerprint density at radius 1 is 1.30 bits per heavy atom. The lowest BCUT2D eigenvalue weighted by Gasteiger charge is -2.03. The Balaban J connectivity index is 1.89. The quantitative estimate of drug-likeness (QED) is 0.689. The van der Waals surface area contributed by atoms with Gasteiger partial charge in [-0.2, -0.15) is 0 Å². The van der Waals surface area contributed by atoms with Crippen LogP contribution in [0.4, 0.5) is 0 Å². The van der Waals surface area contributed by atoms with Crippen LogP contribution in [0.2, 0.25) is 0 Å². The smallest absolute Gasteiger partial charge is 0.250 e. The van der Waals surface area contributed by atoms with Crippen molar-refractivity contribution in [1.29, 1.82) is 0 Å². The van der Waals surface area contributed by atoms with E-state index in [0.29, 0.717) is 10.1 Å². The first kappa shape index (κ1) is 15.9. The van der Waals surface area contributed by atoms with E-state index in [1.807, 2.05) is 6.07 Å². The number of thiophene rings is 1. The molecule has 1 aliphatic rings. The molecule has 2 N–H and O–H groups in total. The van der Waals surface area contributed by atoms with Crippen molar-refractivity contribution in [2.75, 3.05) is 6.54 Å². The van der Waals surface area contributed by atoms with E-state index < -0.39 is 10.0 Å². The van der Waals surface area contributed by atoms with Gasteiger partial charge >= 0.3 is 0 Å². The van der Waals surface area contributed by atoms with E-state index in [1.54, 1.807) is 6.07 Å². The van der Waals surface area contributed by atoms with Gasteiger partial charge in [0.25, 0.3) is 0 Å². The van der Waals surface area contributed by atoms with E-state index in [0.717, 1.165) is 43.6 Å². The number of hydrogen-bond donors (Lipinski definition) is 2. The van der Waals surface area contributed by atoms with Crippen molar-refractivity contribution < 1.29 is 8.42 Å². The molecule has 0 spiro atoms. The van der Waals surface area contributed by atoms with E-state index in [1.165, 1.54) is 11.3 Å². The summed E-state index contributed by atoms with van der Waals surface area (Å²) in [6.07, 6.45) is 4.31. The molecule has 0 aliphatic heterocycles. The first-order chi connectivity index (χ1) is 9.56. The lowest BCUT2D eigenvalue weighted by molar-refractivity contribution is 0.575. The molecule has 6 heteroatoms. The number of rotatable bonds is 9. The summed E-state index contributed by atoms with van der Waals surface area (Å²) in [5.74, 6) is 0.542. The van der Waals surface area contributed by atoms with Gasteiger partial charge in [-0.15, -0.1) is 11.3 Å². The third-order valence-corrected chi connectivity index (χ3v) is 6.58. The predicted octanol–water partition coefficient (Wildman–Crippen LogP) is 2.71. The van der Waals surface area contributed by atoms with Crippen LogP contribution in [-0.2, 0) is 16.6 Å². The Bertz CT molecular complexity index is 525. The van der Waals surface area contributed by atoms with Crippen molar-refractivity contribution in [1.82, 2.24) is 10.0 Å². The van der Waals surface area contributed by atoms with Crippen molar-refractivity contribution in [2.24, 2.45) is 5.92 Å².